The maximum atomic E-state index is 10.5. The molecule has 2 aromatic heterocycles. The van der Waals surface area contributed by atoms with E-state index in [1.165, 1.54) is 21.8 Å². The first-order valence-electron chi connectivity index (χ1n) is 7.58. The fourth-order valence-electron chi connectivity index (χ4n) is 3.20. The number of para-hydroxylation sites is 2. The molecular weight excluding hydrogens is 272 g/mol. The van der Waals surface area contributed by atoms with E-state index in [1.54, 1.807) is 0 Å². The molecule has 3 heteroatoms. The van der Waals surface area contributed by atoms with Crippen molar-refractivity contribution in [3.05, 3.63) is 73.1 Å². The summed E-state index contributed by atoms with van der Waals surface area (Å²) in [5.74, 6) is 0. The SMILES string of the molecule is OC(Cn1cccc1)Cn1c2ccccc2c2ccccc21. The molecule has 0 saturated carbocycles. The molecular formula is C19H18N2O. The minimum absolute atomic E-state index is 0.424. The Bertz CT molecular complexity index is 852. The van der Waals surface area contributed by atoms with E-state index in [0.29, 0.717) is 13.1 Å². The second kappa shape index (κ2) is 5.35. The number of fused-ring (bicyclic) bond motifs is 3. The van der Waals surface area contributed by atoms with Gasteiger partial charge in [-0.1, -0.05) is 36.4 Å². The van der Waals surface area contributed by atoms with Crippen LogP contribution in [-0.4, -0.2) is 20.3 Å². The van der Waals surface area contributed by atoms with Gasteiger partial charge < -0.3 is 14.2 Å². The van der Waals surface area contributed by atoms with E-state index in [1.807, 2.05) is 29.1 Å². The number of nitrogens with zero attached hydrogens (tertiary/aromatic N) is 2. The van der Waals surface area contributed by atoms with Gasteiger partial charge in [-0.25, -0.2) is 0 Å². The molecule has 0 bridgehead atoms. The summed E-state index contributed by atoms with van der Waals surface area (Å²) in [5, 5.41) is 13.0. The van der Waals surface area contributed by atoms with Crippen molar-refractivity contribution in [1.82, 2.24) is 9.13 Å². The Balaban J connectivity index is 1.76. The summed E-state index contributed by atoms with van der Waals surface area (Å²) in [5.41, 5.74) is 2.35. The van der Waals surface area contributed by atoms with Crippen LogP contribution in [0.4, 0.5) is 0 Å². The third-order valence-corrected chi connectivity index (χ3v) is 4.16. The van der Waals surface area contributed by atoms with Crippen LogP contribution in [0.25, 0.3) is 21.8 Å². The topological polar surface area (TPSA) is 30.1 Å². The molecule has 1 atom stereocenters. The van der Waals surface area contributed by atoms with Gasteiger partial charge in [0.25, 0.3) is 0 Å². The molecule has 0 fully saturated rings. The van der Waals surface area contributed by atoms with Gasteiger partial charge in [-0.2, -0.15) is 0 Å². The zero-order valence-electron chi connectivity index (χ0n) is 12.3. The first-order chi connectivity index (χ1) is 10.8. The minimum Gasteiger partial charge on any atom is -0.389 e. The first kappa shape index (κ1) is 13.2. The van der Waals surface area contributed by atoms with Crippen LogP contribution in [-0.2, 0) is 13.1 Å². The molecule has 110 valence electrons. The van der Waals surface area contributed by atoms with Gasteiger partial charge in [0.2, 0.25) is 0 Å². The lowest BCUT2D eigenvalue weighted by molar-refractivity contribution is 0.137. The number of aromatic nitrogens is 2. The van der Waals surface area contributed by atoms with E-state index in [0.717, 1.165) is 0 Å². The maximum absolute atomic E-state index is 10.5. The van der Waals surface area contributed by atoms with Gasteiger partial charge in [-0.3, -0.25) is 0 Å². The summed E-state index contributed by atoms with van der Waals surface area (Å²) < 4.78 is 4.23. The van der Waals surface area contributed by atoms with Crippen molar-refractivity contribution in [3.8, 4) is 0 Å². The number of aliphatic hydroxyl groups is 1. The van der Waals surface area contributed by atoms with Crippen molar-refractivity contribution < 1.29 is 5.11 Å². The van der Waals surface area contributed by atoms with Gasteiger partial charge in [0.05, 0.1) is 12.6 Å². The van der Waals surface area contributed by atoms with Crippen molar-refractivity contribution in [2.24, 2.45) is 0 Å². The van der Waals surface area contributed by atoms with Crippen LogP contribution in [0.5, 0.6) is 0 Å². The zero-order chi connectivity index (χ0) is 14.9. The fraction of sp³-hybridized carbons (Fsp3) is 0.158. The third kappa shape index (κ3) is 2.20. The molecule has 4 rings (SSSR count). The molecule has 1 unspecified atom stereocenters. The lowest BCUT2D eigenvalue weighted by Crippen LogP contribution is -2.21. The zero-order valence-corrected chi connectivity index (χ0v) is 12.3. The summed E-state index contributed by atoms with van der Waals surface area (Å²) in [7, 11) is 0. The smallest absolute Gasteiger partial charge is 0.0897 e. The number of hydrogen-bond donors (Lipinski definition) is 1. The second-order valence-corrected chi connectivity index (χ2v) is 5.68. The molecule has 1 N–H and O–H groups in total. The predicted molar refractivity (Wildman–Crippen MR) is 89.9 cm³/mol. The third-order valence-electron chi connectivity index (χ3n) is 4.16. The van der Waals surface area contributed by atoms with Crippen molar-refractivity contribution in [2.75, 3.05) is 0 Å². The highest BCUT2D eigenvalue weighted by molar-refractivity contribution is 6.07. The summed E-state index contributed by atoms with van der Waals surface area (Å²) in [6.45, 7) is 1.19. The Morgan fingerprint density at radius 2 is 1.27 bits per heavy atom. The second-order valence-electron chi connectivity index (χ2n) is 5.68. The van der Waals surface area contributed by atoms with Crippen LogP contribution in [0, 0.1) is 0 Å². The molecule has 0 aliphatic rings. The largest absolute Gasteiger partial charge is 0.389 e. The Morgan fingerprint density at radius 1 is 0.727 bits per heavy atom. The monoisotopic (exact) mass is 290 g/mol. The van der Waals surface area contributed by atoms with E-state index in [4.69, 9.17) is 0 Å². The van der Waals surface area contributed by atoms with Crippen LogP contribution in [0.1, 0.15) is 0 Å². The highest BCUT2D eigenvalue weighted by Gasteiger charge is 2.13. The molecule has 0 aliphatic heterocycles. The number of benzene rings is 2. The molecule has 2 aromatic carbocycles. The molecule has 0 saturated heterocycles. The number of rotatable bonds is 4. The lowest BCUT2D eigenvalue weighted by atomic mass is 10.2. The Labute approximate surface area is 129 Å². The Morgan fingerprint density at radius 3 is 1.86 bits per heavy atom. The first-order valence-corrected chi connectivity index (χ1v) is 7.58. The Kier molecular flexibility index (Phi) is 3.20. The van der Waals surface area contributed by atoms with Crippen molar-refractivity contribution >= 4 is 21.8 Å². The lowest BCUT2D eigenvalue weighted by Gasteiger charge is -2.14. The van der Waals surface area contributed by atoms with Crippen molar-refractivity contribution in [2.45, 2.75) is 19.2 Å². The van der Waals surface area contributed by atoms with Crippen LogP contribution in [0.3, 0.4) is 0 Å². The van der Waals surface area contributed by atoms with Gasteiger partial charge in [0.1, 0.15) is 0 Å². The number of hydrogen-bond acceptors (Lipinski definition) is 1. The minimum atomic E-state index is -0.424. The normalized spacial score (nSPS) is 13.0. The molecule has 2 heterocycles. The van der Waals surface area contributed by atoms with Gasteiger partial charge in [0.15, 0.2) is 0 Å². The fourth-order valence-corrected chi connectivity index (χ4v) is 3.20. The van der Waals surface area contributed by atoms with Crippen molar-refractivity contribution in [1.29, 1.82) is 0 Å². The molecule has 22 heavy (non-hydrogen) atoms. The van der Waals surface area contributed by atoms with Gasteiger partial charge >= 0.3 is 0 Å². The summed E-state index contributed by atoms with van der Waals surface area (Å²) in [6.07, 6.45) is 3.54. The Hall–Kier alpha value is -2.52. The van der Waals surface area contributed by atoms with E-state index in [-0.39, 0.29) is 0 Å². The molecule has 3 nitrogen and oxygen atoms in total. The van der Waals surface area contributed by atoms with Crippen LogP contribution in [0.15, 0.2) is 73.1 Å². The van der Waals surface area contributed by atoms with Gasteiger partial charge in [-0.05, 0) is 24.3 Å². The average molecular weight is 290 g/mol. The highest BCUT2D eigenvalue weighted by atomic mass is 16.3. The van der Waals surface area contributed by atoms with Gasteiger partial charge in [0, 0.05) is 40.7 Å². The predicted octanol–water partition coefficient (Wildman–Crippen LogP) is 3.66. The average Bonchev–Trinajstić information content (AvgIpc) is 3.15. The van der Waals surface area contributed by atoms with Crippen LogP contribution >= 0.6 is 0 Å². The summed E-state index contributed by atoms with van der Waals surface area (Å²) in [4.78, 5) is 0. The molecule has 0 spiro atoms. The van der Waals surface area contributed by atoms with E-state index >= 15 is 0 Å². The van der Waals surface area contributed by atoms with E-state index in [9.17, 15) is 5.11 Å². The quantitative estimate of drug-likeness (QED) is 0.611. The summed E-state index contributed by atoms with van der Waals surface area (Å²) >= 11 is 0. The molecule has 0 radical (unpaired) electrons. The molecule has 0 amide bonds. The highest BCUT2D eigenvalue weighted by Crippen LogP contribution is 2.28. The van der Waals surface area contributed by atoms with E-state index in [2.05, 4.69) is 53.1 Å². The number of aliphatic hydroxyl groups excluding tert-OH is 1. The molecule has 0 aliphatic carbocycles. The standard InChI is InChI=1S/C19H18N2O/c22-15(13-20-11-5-6-12-20)14-21-18-9-3-1-7-16(18)17-8-2-4-10-19(17)21/h1-12,15,22H,13-14H2. The van der Waals surface area contributed by atoms with Crippen molar-refractivity contribution in [3.63, 3.8) is 0 Å². The van der Waals surface area contributed by atoms with Gasteiger partial charge in [-0.15, -0.1) is 0 Å². The maximum Gasteiger partial charge on any atom is 0.0897 e. The van der Waals surface area contributed by atoms with Crippen LogP contribution in [0.2, 0.25) is 0 Å². The van der Waals surface area contributed by atoms with E-state index < -0.39 is 6.10 Å². The van der Waals surface area contributed by atoms with Crippen LogP contribution < -0.4 is 0 Å². The summed E-state index contributed by atoms with van der Waals surface area (Å²) in [6, 6.07) is 20.7. The molecule has 4 aromatic rings.